The lowest BCUT2D eigenvalue weighted by Crippen LogP contribution is -2.39. The van der Waals surface area contributed by atoms with Crippen LogP contribution in [0.1, 0.15) is 35.8 Å². The molecule has 24 heavy (non-hydrogen) atoms. The van der Waals surface area contributed by atoms with Crippen LogP contribution in [-0.2, 0) is 0 Å². The number of hydrogen-bond donors (Lipinski definition) is 1. The number of nitriles is 1. The zero-order valence-corrected chi connectivity index (χ0v) is 13.6. The molecule has 1 unspecified atom stereocenters. The first kappa shape index (κ1) is 15.9. The predicted octanol–water partition coefficient (Wildman–Crippen LogP) is 2.96. The van der Waals surface area contributed by atoms with Crippen molar-refractivity contribution in [2.75, 3.05) is 18.4 Å². The van der Waals surface area contributed by atoms with Crippen molar-refractivity contribution in [3.8, 4) is 6.07 Å². The van der Waals surface area contributed by atoms with Crippen LogP contribution in [0.4, 0.5) is 11.5 Å². The van der Waals surface area contributed by atoms with E-state index in [1.807, 2.05) is 11.0 Å². The number of nitrogens with one attached hydrogen (secondary N) is 1. The van der Waals surface area contributed by atoms with E-state index >= 15 is 0 Å². The number of piperidine rings is 1. The summed E-state index contributed by atoms with van der Waals surface area (Å²) in [6.45, 7) is 3.72. The first-order chi connectivity index (χ1) is 11.7. The zero-order chi connectivity index (χ0) is 16.9. The fraction of sp³-hybridized carbons (Fsp3) is 0.333. The second kappa shape index (κ2) is 7.09. The molecule has 0 radical (unpaired) electrons. The smallest absolute Gasteiger partial charge is 0.274 e. The summed E-state index contributed by atoms with van der Waals surface area (Å²) in [5.74, 6) is 1.00. The summed E-state index contributed by atoms with van der Waals surface area (Å²) < 4.78 is 0. The van der Waals surface area contributed by atoms with E-state index in [-0.39, 0.29) is 5.91 Å². The topological polar surface area (TPSA) is 81.9 Å². The fourth-order valence-electron chi connectivity index (χ4n) is 2.86. The third-order valence-electron chi connectivity index (χ3n) is 4.09. The molecule has 1 aromatic carbocycles. The Labute approximate surface area is 141 Å². The van der Waals surface area contributed by atoms with Crippen molar-refractivity contribution >= 4 is 17.4 Å². The van der Waals surface area contributed by atoms with E-state index in [0.29, 0.717) is 23.0 Å². The number of rotatable bonds is 3. The van der Waals surface area contributed by atoms with Gasteiger partial charge in [0, 0.05) is 18.8 Å². The maximum Gasteiger partial charge on any atom is 0.274 e. The van der Waals surface area contributed by atoms with Crippen LogP contribution in [0.3, 0.4) is 0 Å². The molecule has 0 bridgehead atoms. The Morgan fingerprint density at radius 2 is 2.21 bits per heavy atom. The van der Waals surface area contributed by atoms with E-state index in [1.165, 1.54) is 6.42 Å². The molecule has 0 saturated carbocycles. The monoisotopic (exact) mass is 321 g/mol. The van der Waals surface area contributed by atoms with Gasteiger partial charge in [-0.15, -0.1) is 10.2 Å². The largest absolute Gasteiger partial charge is 0.339 e. The highest BCUT2D eigenvalue weighted by atomic mass is 16.2. The maximum atomic E-state index is 12.5. The van der Waals surface area contributed by atoms with Gasteiger partial charge in [-0.05, 0) is 49.1 Å². The predicted molar refractivity (Wildman–Crippen MR) is 90.8 cm³/mol. The number of aromatic nitrogens is 2. The number of carbonyl (C=O) groups excluding carboxylic acids is 1. The Hall–Kier alpha value is -2.94. The number of anilines is 2. The number of benzene rings is 1. The van der Waals surface area contributed by atoms with Crippen molar-refractivity contribution in [1.29, 1.82) is 5.26 Å². The van der Waals surface area contributed by atoms with Gasteiger partial charge in [0.1, 0.15) is 0 Å². The third-order valence-corrected chi connectivity index (χ3v) is 4.09. The van der Waals surface area contributed by atoms with Crippen molar-refractivity contribution in [3.05, 3.63) is 47.7 Å². The van der Waals surface area contributed by atoms with Crippen LogP contribution in [0.5, 0.6) is 0 Å². The molecule has 122 valence electrons. The maximum absolute atomic E-state index is 12.5. The van der Waals surface area contributed by atoms with Crippen LogP contribution in [0.15, 0.2) is 36.4 Å². The molecule has 1 aliphatic rings. The minimum atomic E-state index is -0.0629. The van der Waals surface area contributed by atoms with E-state index in [0.717, 1.165) is 25.2 Å². The number of likely N-dealkylation sites (tertiary alicyclic amines) is 1. The Bertz CT molecular complexity index is 766. The van der Waals surface area contributed by atoms with Crippen molar-refractivity contribution in [2.24, 2.45) is 5.92 Å². The van der Waals surface area contributed by atoms with Crippen molar-refractivity contribution in [1.82, 2.24) is 15.1 Å². The van der Waals surface area contributed by atoms with Crippen LogP contribution in [-0.4, -0.2) is 34.1 Å². The van der Waals surface area contributed by atoms with Gasteiger partial charge in [0.15, 0.2) is 11.5 Å². The molecule has 1 aromatic heterocycles. The fourth-order valence-corrected chi connectivity index (χ4v) is 2.86. The molecule has 1 saturated heterocycles. The van der Waals surface area contributed by atoms with Gasteiger partial charge in [0.05, 0.1) is 11.6 Å². The molecule has 0 aliphatic carbocycles. The van der Waals surface area contributed by atoms with E-state index < -0.39 is 0 Å². The van der Waals surface area contributed by atoms with Crippen LogP contribution in [0, 0.1) is 17.2 Å². The van der Waals surface area contributed by atoms with Gasteiger partial charge in [-0.2, -0.15) is 5.26 Å². The molecule has 0 spiro atoms. The third kappa shape index (κ3) is 3.69. The van der Waals surface area contributed by atoms with Crippen LogP contribution < -0.4 is 5.32 Å². The normalized spacial score (nSPS) is 17.2. The lowest BCUT2D eigenvalue weighted by Gasteiger charge is -2.30. The first-order valence-corrected chi connectivity index (χ1v) is 8.06. The van der Waals surface area contributed by atoms with E-state index in [2.05, 4.69) is 28.5 Å². The molecule has 2 heterocycles. The summed E-state index contributed by atoms with van der Waals surface area (Å²) in [4.78, 5) is 14.3. The van der Waals surface area contributed by atoms with Crippen LogP contribution >= 0.6 is 0 Å². The molecule has 1 fully saturated rings. The Kier molecular flexibility index (Phi) is 4.71. The molecular weight excluding hydrogens is 302 g/mol. The first-order valence-electron chi connectivity index (χ1n) is 8.06. The number of amides is 1. The minimum absolute atomic E-state index is 0.0629. The Balaban J connectivity index is 1.68. The van der Waals surface area contributed by atoms with Gasteiger partial charge in [0.25, 0.3) is 5.91 Å². The average Bonchev–Trinajstić information content (AvgIpc) is 2.62. The lowest BCUT2D eigenvalue weighted by atomic mass is 10.00. The van der Waals surface area contributed by atoms with Crippen molar-refractivity contribution < 1.29 is 4.79 Å². The molecule has 1 aliphatic heterocycles. The van der Waals surface area contributed by atoms with Gasteiger partial charge in [0.2, 0.25) is 0 Å². The van der Waals surface area contributed by atoms with Gasteiger partial charge in [-0.25, -0.2) is 0 Å². The molecule has 1 atom stereocenters. The standard InChI is InChI=1S/C18H19N5O/c1-13-4-3-9-23(12-13)18(24)16-7-8-17(22-21-16)20-15-6-2-5-14(10-15)11-19/h2,5-8,10,13H,3-4,9,12H2,1H3,(H,20,22). The second-order valence-corrected chi connectivity index (χ2v) is 6.12. The van der Waals surface area contributed by atoms with E-state index in [4.69, 9.17) is 5.26 Å². The number of nitrogens with zero attached hydrogens (tertiary/aromatic N) is 4. The molecule has 6 nitrogen and oxygen atoms in total. The summed E-state index contributed by atoms with van der Waals surface area (Å²) in [7, 11) is 0. The quantitative estimate of drug-likeness (QED) is 0.940. The second-order valence-electron chi connectivity index (χ2n) is 6.12. The van der Waals surface area contributed by atoms with Gasteiger partial charge < -0.3 is 10.2 Å². The highest BCUT2D eigenvalue weighted by molar-refractivity contribution is 5.92. The SMILES string of the molecule is CC1CCCN(C(=O)c2ccc(Nc3cccc(C#N)c3)nn2)C1. The van der Waals surface area contributed by atoms with Gasteiger partial charge >= 0.3 is 0 Å². The van der Waals surface area contributed by atoms with Crippen LogP contribution in [0.2, 0.25) is 0 Å². The van der Waals surface area contributed by atoms with Crippen molar-refractivity contribution in [2.45, 2.75) is 19.8 Å². The zero-order valence-electron chi connectivity index (χ0n) is 13.6. The summed E-state index contributed by atoms with van der Waals surface area (Å²) in [5, 5.41) is 20.1. The van der Waals surface area contributed by atoms with Crippen molar-refractivity contribution in [3.63, 3.8) is 0 Å². The average molecular weight is 321 g/mol. The van der Waals surface area contributed by atoms with Gasteiger partial charge in [-0.1, -0.05) is 13.0 Å². The highest BCUT2D eigenvalue weighted by Crippen LogP contribution is 2.18. The van der Waals surface area contributed by atoms with E-state index in [9.17, 15) is 4.79 Å². The molecule has 6 heteroatoms. The summed E-state index contributed by atoms with van der Waals surface area (Å²) >= 11 is 0. The number of hydrogen-bond acceptors (Lipinski definition) is 5. The minimum Gasteiger partial charge on any atom is -0.339 e. The molecule has 3 rings (SSSR count). The van der Waals surface area contributed by atoms with Crippen LogP contribution in [0.25, 0.3) is 0 Å². The summed E-state index contributed by atoms with van der Waals surface area (Å²) in [6, 6.07) is 12.6. The molecular formula is C18H19N5O. The Morgan fingerprint density at radius 3 is 2.92 bits per heavy atom. The summed E-state index contributed by atoms with van der Waals surface area (Å²) in [6.07, 6.45) is 2.20. The molecule has 1 N–H and O–H groups in total. The number of carbonyl (C=O) groups is 1. The molecule has 2 aromatic rings. The van der Waals surface area contributed by atoms with Gasteiger partial charge in [-0.3, -0.25) is 4.79 Å². The highest BCUT2D eigenvalue weighted by Gasteiger charge is 2.23. The lowest BCUT2D eigenvalue weighted by molar-refractivity contribution is 0.0676. The summed E-state index contributed by atoms with van der Waals surface area (Å²) in [5.41, 5.74) is 1.69. The van der Waals surface area contributed by atoms with E-state index in [1.54, 1.807) is 30.3 Å². The molecule has 1 amide bonds. The Morgan fingerprint density at radius 1 is 1.33 bits per heavy atom.